The standard InChI is InChI=1S/C20H29N5O2/c1-12(13-5-6-13)16-11-18(25-17(24-16)7-8-21-25)22-14-9-15(10-14)23-19(26)27-20(2,3)4/h7-8,11-15,22H,5-6,9-10H2,1-4H3,(H,23,26)/t12?,14-,15-. The smallest absolute Gasteiger partial charge is 0.407 e. The molecule has 1 amide bonds. The number of carbonyl (C=O) groups is 1. The van der Waals surface area contributed by atoms with E-state index >= 15 is 0 Å². The number of alkyl carbamates (subject to hydrolysis) is 1. The molecule has 27 heavy (non-hydrogen) atoms. The lowest BCUT2D eigenvalue weighted by Crippen LogP contribution is -2.50. The van der Waals surface area contributed by atoms with Crippen LogP contribution >= 0.6 is 0 Å². The molecule has 2 fully saturated rings. The topological polar surface area (TPSA) is 80.5 Å². The molecule has 2 aliphatic carbocycles. The zero-order valence-corrected chi connectivity index (χ0v) is 16.5. The lowest BCUT2D eigenvalue weighted by atomic mass is 9.87. The van der Waals surface area contributed by atoms with E-state index in [1.165, 1.54) is 12.8 Å². The zero-order valence-electron chi connectivity index (χ0n) is 16.5. The first kappa shape index (κ1) is 18.1. The van der Waals surface area contributed by atoms with Crippen LogP contribution in [0.4, 0.5) is 10.6 Å². The second-order valence-electron chi connectivity index (χ2n) is 8.95. The van der Waals surface area contributed by atoms with Gasteiger partial charge in [-0.15, -0.1) is 0 Å². The molecule has 146 valence electrons. The molecule has 7 nitrogen and oxygen atoms in total. The van der Waals surface area contributed by atoms with Crippen LogP contribution in [0.15, 0.2) is 18.3 Å². The lowest BCUT2D eigenvalue weighted by molar-refractivity contribution is 0.0475. The highest BCUT2D eigenvalue weighted by atomic mass is 16.6. The summed E-state index contributed by atoms with van der Waals surface area (Å²) in [5.41, 5.74) is 1.55. The van der Waals surface area contributed by atoms with Gasteiger partial charge in [0.1, 0.15) is 11.4 Å². The van der Waals surface area contributed by atoms with Gasteiger partial charge in [0.25, 0.3) is 0 Å². The normalized spacial score (nSPS) is 23.6. The molecule has 1 atom stereocenters. The van der Waals surface area contributed by atoms with Gasteiger partial charge in [0, 0.05) is 35.8 Å². The highest BCUT2D eigenvalue weighted by Crippen LogP contribution is 2.42. The Balaban J connectivity index is 1.38. The van der Waals surface area contributed by atoms with Crippen molar-refractivity contribution in [3.63, 3.8) is 0 Å². The maximum atomic E-state index is 11.9. The maximum Gasteiger partial charge on any atom is 0.407 e. The summed E-state index contributed by atoms with van der Waals surface area (Å²) in [5.74, 6) is 2.23. The Morgan fingerprint density at radius 3 is 2.70 bits per heavy atom. The Hall–Kier alpha value is -2.31. The molecule has 4 rings (SSSR count). The van der Waals surface area contributed by atoms with E-state index in [4.69, 9.17) is 9.72 Å². The molecule has 0 saturated heterocycles. The van der Waals surface area contributed by atoms with Crippen molar-refractivity contribution >= 4 is 17.6 Å². The summed E-state index contributed by atoms with van der Waals surface area (Å²) >= 11 is 0. The molecule has 2 N–H and O–H groups in total. The Kier molecular flexibility index (Phi) is 4.48. The summed E-state index contributed by atoms with van der Waals surface area (Å²) in [6, 6.07) is 4.54. The Morgan fingerprint density at radius 2 is 2.04 bits per heavy atom. The molecule has 0 bridgehead atoms. The maximum absolute atomic E-state index is 11.9. The van der Waals surface area contributed by atoms with Crippen molar-refractivity contribution in [2.24, 2.45) is 5.92 Å². The van der Waals surface area contributed by atoms with Crippen LogP contribution < -0.4 is 10.6 Å². The molecular formula is C20H29N5O2. The van der Waals surface area contributed by atoms with E-state index < -0.39 is 5.60 Å². The largest absolute Gasteiger partial charge is 0.444 e. The van der Waals surface area contributed by atoms with Gasteiger partial charge in [-0.1, -0.05) is 6.92 Å². The molecular weight excluding hydrogens is 342 g/mol. The average Bonchev–Trinajstić information content (AvgIpc) is 3.27. The Labute approximate surface area is 159 Å². The fourth-order valence-electron chi connectivity index (χ4n) is 3.64. The number of hydrogen-bond acceptors (Lipinski definition) is 5. The highest BCUT2D eigenvalue weighted by Gasteiger charge is 2.33. The molecule has 0 radical (unpaired) electrons. The number of nitrogens with one attached hydrogen (secondary N) is 2. The van der Waals surface area contributed by atoms with Gasteiger partial charge in [-0.2, -0.15) is 9.61 Å². The highest BCUT2D eigenvalue weighted by molar-refractivity contribution is 5.68. The number of nitrogens with zero attached hydrogens (tertiary/aromatic N) is 3. The van der Waals surface area contributed by atoms with Gasteiger partial charge in [0.15, 0.2) is 5.65 Å². The summed E-state index contributed by atoms with van der Waals surface area (Å²) in [7, 11) is 0. The van der Waals surface area contributed by atoms with Gasteiger partial charge in [-0.25, -0.2) is 9.78 Å². The van der Waals surface area contributed by atoms with Crippen LogP contribution in [0.2, 0.25) is 0 Å². The van der Waals surface area contributed by atoms with Gasteiger partial charge >= 0.3 is 6.09 Å². The third-order valence-electron chi connectivity index (χ3n) is 5.39. The molecule has 0 aromatic carbocycles. The van der Waals surface area contributed by atoms with Crippen molar-refractivity contribution in [1.82, 2.24) is 19.9 Å². The monoisotopic (exact) mass is 371 g/mol. The number of aromatic nitrogens is 3. The molecule has 7 heteroatoms. The predicted molar refractivity (Wildman–Crippen MR) is 104 cm³/mol. The van der Waals surface area contributed by atoms with Crippen LogP contribution in [0, 0.1) is 5.92 Å². The lowest BCUT2D eigenvalue weighted by Gasteiger charge is -2.37. The van der Waals surface area contributed by atoms with E-state index in [0.29, 0.717) is 12.0 Å². The van der Waals surface area contributed by atoms with Gasteiger partial charge in [0.2, 0.25) is 0 Å². The molecule has 2 aromatic rings. The number of anilines is 1. The molecule has 2 saturated carbocycles. The van der Waals surface area contributed by atoms with Crippen LogP contribution in [-0.4, -0.2) is 38.4 Å². The Morgan fingerprint density at radius 1 is 1.30 bits per heavy atom. The zero-order chi connectivity index (χ0) is 19.2. The molecule has 1 unspecified atom stereocenters. The van der Waals surface area contributed by atoms with Crippen molar-refractivity contribution in [2.75, 3.05) is 5.32 Å². The van der Waals surface area contributed by atoms with Crippen LogP contribution in [0.25, 0.3) is 5.65 Å². The third-order valence-corrected chi connectivity index (χ3v) is 5.39. The number of ether oxygens (including phenoxy) is 1. The van der Waals surface area contributed by atoms with Crippen molar-refractivity contribution in [3.05, 3.63) is 24.0 Å². The van der Waals surface area contributed by atoms with E-state index in [1.807, 2.05) is 31.4 Å². The fourth-order valence-corrected chi connectivity index (χ4v) is 3.64. The minimum Gasteiger partial charge on any atom is -0.444 e. The Bertz CT molecular complexity index is 830. The first-order chi connectivity index (χ1) is 12.8. The van der Waals surface area contributed by atoms with Crippen molar-refractivity contribution in [3.8, 4) is 0 Å². The molecule has 2 heterocycles. The number of carbonyl (C=O) groups excluding carboxylic acids is 1. The minimum absolute atomic E-state index is 0.150. The van der Waals surface area contributed by atoms with E-state index in [1.54, 1.807) is 6.20 Å². The number of hydrogen-bond donors (Lipinski definition) is 2. The average molecular weight is 371 g/mol. The summed E-state index contributed by atoms with van der Waals surface area (Å²) in [5, 5.41) is 10.9. The number of fused-ring (bicyclic) bond motifs is 1. The van der Waals surface area contributed by atoms with E-state index in [9.17, 15) is 4.79 Å². The van der Waals surface area contributed by atoms with Gasteiger partial charge in [-0.05, 0) is 52.4 Å². The second kappa shape index (κ2) is 6.69. The fraction of sp³-hybridized carbons (Fsp3) is 0.650. The quantitative estimate of drug-likeness (QED) is 0.837. The van der Waals surface area contributed by atoms with Crippen molar-refractivity contribution in [2.45, 2.75) is 77.0 Å². The van der Waals surface area contributed by atoms with Crippen LogP contribution in [0.1, 0.15) is 65.0 Å². The predicted octanol–water partition coefficient (Wildman–Crippen LogP) is 3.71. The summed E-state index contributed by atoms with van der Waals surface area (Å²) in [4.78, 5) is 16.7. The van der Waals surface area contributed by atoms with Gasteiger partial charge in [0.05, 0.1) is 6.20 Å². The SMILES string of the molecule is CC(c1cc(N[C@H]2C[C@H](NC(=O)OC(C)(C)C)C2)n2nccc2n1)C1CC1. The second-order valence-corrected chi connectivity index (χ2v) is 8.95. The van der Waals surface area contributed by atoms with Crippen LogP contribution in [0.3, 0.4) is 0 Å². The van der Waals surface area contributed by atoms with Gasteiger partial charge in [-0.3, -0.25) is 0 Å². The summed E-state index contributed by atoms with van der Waals surface area (Å²) < 4.78 is 7.18. The first-order valence-corrected chi connectivity index (χ1v) is 9.89. The molecule has 2 aliphatic rings. The molecule has 2 aromatic heterocycles. The van der Waals surface area contributed by atoms with E-state index in [0.717, 1.165) is 35.9 Å². The third kappa shape index (κ3) is 4.17. The minimum atomic E-state index is -0.469. The summed E-state index contributed by atoms with van der Waals surface area (Å²) in [6.45, 7) is 7.88. The molecule has 0 spiro atoms. The first-order valence-electron chi connectivity index (χ1n) is 9.89. The van der Waals surface area contributed by atoms with E-state index in [-0.39, 0.29) is 12.1 Å². The van der Waals surface area contributed by atoms with Crippen molar-refractivity contribution < 1.29 is 9.53 Å². The summed E-state index contributed by atoms with van der Waals surface area (Å²) in [6.07, 6.45) is 5.79. The molecule has 0 aliphatic heterocycles. The van der Waals surface area contributed by atoms with Crippen LogP contribution in [-0.2, 0) is 4.74 Å². The van der Waals surface area contributed by atoms with Crippen molar-refractivity contribution in [1.29, 1.82) is 0 Å². The number of rotatable bonds is 5. The number of amides is 1. The van der Waals surface area contributed by atoms with E-state index in [2.05, 4.69) is 28.7 Å². The van der Waals surface area contributed by atoms with Crippen LogP contribution in [0.5, 0.6) is 0 Å². The van der Waals surface area contributed by atoms with Gasteiger partial charge < -0.3 is 15.4 Å².